The summed E-state index contributed by atoms with van der Waals surface area (Å²) < 4.78 is 5.74. The number of allylic oxidation sites excluding steroid dienone is 1. The van der Waals surface area contributed by atoms with Gasteiger partial charge in [0, 0.05) is 18.4 Å². The second kappa shape index (κ2) is 7.23. The zero-order chi connectivity index (χ0) is 19.0. The first-order chi connectivity index (χ1) is 12.3. The quantitative estimate of drug-likeness (QED) is 0.479. The molecule has 1 amide bonds. The maximum Gasteiger partial charge on any atom is 0.321 e. The van der Waals surface area contributed by atoms with Gasteiger partial charge in [-0.1, -0.05) is 24.3 Å². The summed E-state index contributed by atoms with van der Waals surface area (Å²) in [5.74, 6) is -2.17. The molecule has 7 nitrogen and oxygen atoms in total. The highest BCUT2D eigenvalue weighted by molar-refractivity contribution is 5.83. The topological polar surface area (TPSA) is 119 Å². The van der Waals surface area contributed by atoms with E-state index in [9.17, 15) is 19.5 Å². The number of primary amides is 1. The number of carboxylic acids is 1. The average molecular weight is 362 g/mol. The molecular formula is C19H26N2O5. The highest BCUT2D eigenvalue weighted by Crippen LogP contribution is 2.52. The minimum atomic E-state index is -1.16. The van der Waals surface area contributed by atoms with Crippen LogP contribution in [0.1, 0.15) is 32.1 Å². The van der Waals surface area contributed by atoms with Gasteiger partial charge in [-0.3, -0.25) is 14.4 Å². The monoisotopic (exact) mass is 362 g/mol. The number of carbonyl (C=O) groups excluding carboxylic acids is 2. The van der Waals surface area contributed by atoms with Crippen molar-refractivity contribution in [3.05, 3.63) is 24.3 Å². The molecule has 0 spiro atoms. The fourth-order valence-electron chi connectivity index (χ4n) is 4.80. The Bertz CT molecular complexity index is 658. The van der Waals surface area contributed by atoms with Crippen molar-refractivity contribution in [2.75, 3.05) is 6.54 Å². The van der Waals surface area contributed by atoms with E-state index in [1.807, 2.05) is 0 Å². The van der Waals surface area contributed by atoms with Gasteiger partial charge < -0.3 is 20.9 Å². The van der Waals surface area contributed by atoms with Gasteiger partial charge in [0.25, 0.3) is 0 Å². The van der Waals surface area contributed by atoms with Crippen LogP contribution < -0.4 is 11.1 Å². The van der Waals surface area contributed by atoms with Crippen LogP contribution in [0.4, 0.5) is 0 Å². The van der Waals surface area contributed by atoms with E-state index in [-0.39, 0.29) is 36.9 Å². The molecule has 3 rings (SSSR count). The van der Waals surface area contributed by atoms with Crippen LogP contribution in [-0.2, 0) is 19.1 Å². The van der Waals surface area contributed by atoms with E-state index in [0.717, 1.165) is 31.3 Å². The summed E-state index contributed by atoms with van der Waals surface area (Å²) in [6.07, 6.45) is 3.03. The van der Waals surface area contributed by atoms with E-state index in [0.29, 0.717) is 5.92 Å². The summed E-state index contributed by atoms with van der Waals surface area (Å²) in [4.78, 5) is 34.8. The Balaban J connectivity index is 1.74. The molecule has 1 heterocycles. The summed E-state index contributed by atoms with van der Waals surface area (Å²) >= 11 is 0. The van der Waals surface area contributed by atoms with E-state index in [1.165, 1.54) is 5.57 Å². The lowest BCUT2D eigenvalue weighted by atomic mass is 9.79. The molecule has 0 radical (unpaired) electrons. The van der Waals surface area contributed by atoms with Crippen LogP contribution in [0.2, 0.25) is 0 Å². The molecule has 5 unspecified atom stereocenters. The van der Waals surface area contributed by atoms with Crippen molar-refractivity contribution in [2.45, 2.75) is 44.2 Å². The molecule has 2 aliphatic carbocycles. The Morgan fingerprint density at radius 2 is 1.96 bits per heavy atom. The molecule has 0 aromatic heterocycles. The molecule has 0 bridgehead atoms. The molecule has 7 heteroatoms. The van der Waals surface area contributed by atoms with E-state index in [2.05, 4.69) is 18.5 Å². The molecule has 4 N–H and O–H groups in total. The Kier molecular flexibility index (Phi) is 5.18. The van der Waals surface area contributed by atoms with Crippen molar-refractivity contribution in [1.29, 1.82) is 0 Å². The van der Waals surface area contributed by atoms with Gasteiger partial charge in [0.15, 0.2) is 0 Å². The number of rotatable bonds is 6. The fraction of sp³-hybridized carbons (Fsp3) is 0.632. The maximum atomic E-state index is 12.5. The van der Waals surface area contributed by atoms with Crippen molar-refractivity contribution >= 4 is 17.8 Å². The number of nitrogens with one attached hydrogen (secondary N) is 1. The fourth-order valence-corrected chi connectivity index (χ4v) is 4.80. The molecule has 1 aliphatic heterocycles. The zero-order valence-corrected chi connectivity index (χ0v) is 14.8. The zero-order valence-electron chi connectivity index (χ0n) is 14.8. The van der Waals surface area contributed by atoms with Crippen molar-refractivity contribution in [2.24, 2.45) is 29.4 Å². The number of carboxylic acid groups (broad SMARTS) is 1. The Labute approximate surface area is 152 Å². The van der Waals surface area contributed by atoms with E-state index in [4.69, 9.17) is 10.5 Å². The lowest BCUT2D eigenvalue weighted by molar-refractivity contribution is -0.146. The van der Waals surface area contributed by atoms with Crippen LogP contribution in [0, 0.1) is 23.7 Å². The van der Waals surface area contributed by atoms with Crippen molar-refractivity contribution in [3.63, 3.8) is 0 Å². The molecule has 0 aromatic rings. The largest absolute Gasteiger partial charge is 0.480 e. The van der Waals surface area contributed by atoms with E-state index >= 15 is 0 Å². The van der Waals surface area contributed by atoms with Crippen molar-refractivity contribution in [3.8, 4) is 0 Å². The van der Waals surface area contributed by atoms with Gasteiger partial charge in [-0.2, -0.15) is 0 Å². The van der Waals surface area contributed by atoms with Gasteiger partial charge in [-0.25, -0.2) is 0 Å². The van der Waals surface area contributed by atoms with E-state index < -0.39 is 23.8 Å². The molecule has 1 saturated heterocycles. The summed E-state index contributed by atoms with van der Waals surface area (Å²) in [5, 5.41) is 12.0. The highest BCUT2D eigenvalue weighted by Gasteiger charge is 2.53. The van der Waals surface area contributed by atoms with Crippen LogP contribution in [0.3, 0.4) is 0 Å². The van der Waals surface area contributed by atoms with Crippen LogP contribution in [0.25, 0.3) is 0 Å². The average Bonchev–Trinajstić information content (AvgIpc) is 3.04. The third kappa shape index (κ3) is 3.40. The number of aliphatic carboxylic acids is 1. The molecule has 26 heavy (non-hydrogen) atoms. The molecule has 2 saturated carbocycles. The highest BCUT2D eigenvalue weighted by atomic mass is 16.6. The van der Waals surface area contributed by atoms with Gasteiger partial charge in [0.1, 0.15) is 12.1 Å². The first kappa shape index (κ1) is 18.6. The molecule has 142 valence electrons. The van der Waals surface area contributed by atoms with Crippen LogP contribution >= 0.6 is 0 Å². The summed E-state index contributed by atoms with van der Waals surface area (Å²) in [6, 6.07) is -1.10. The lowest BCUT2D eigenvalue weighted by Crippen LogP contribution is -2.44. The van der Waals surface area contributed by atoms with Gasteiger partial charge in [-0.15, -0.1) is 0 Å². The Hall–Kier alpha value is -2.15. The van der Waals surface area contributed by atoms with Gasteiger partial charge in [0.05, 0.1) is 12.3 Å². The Morgan fingerprint density at radius 1 is 1.27 bits per heavy atom. The number of amides is 1. The predicted octanol–water partition coefficient (Wildman–Crippen LogP) is 0.995. The second-order valence-corrected chi connectivity index (χ2v) is 7.67. The molecule has 3 fully saturated rings. The van der Waals surface area contributed by atoms with Gasteiger partial charge >= 0.3 is 11.9 Å². The predicted molar refractivity (Wildman–Crippen MR) is 93.8 cm³/mol. The molecule has 6 atom stereocenters. The smallest absolute Gasteiger partial charge is 0.321 e. The Morgan fingerprint density at radius 3 is 2.62 bits per heavy atom. The number of esters is 1. The third-order valence-electron chi connectivity index (χ3n) is 6.14. The van der Waals surface area contributed by atoms with Crippen molar-refractivity contribution < 1.29 is 24.2 Å². The summed E-state index contributed by atoms with van der Waals surface area (Å²) in [5.41, 5.74) is 7.42. The number of ether oxygens (including phenoxy) is 1. The van der Waals surface area contributed by atoms with Crippen LogP contribution in [0.5, 0.6) is 0 Å². The second-order valence-electron chi connectivity index (χ2n) is 7.67. The lowest BCUT2D eigenvalue weighted by Gasteiger charge is -2.27. The van der Waals surface area contributed by atoms with Crippen LogP contribution in [-0.4, -0.2) is 41.6 Å². The third-order valence-corrected chi connectivity index (χ3v) is 6.14. The normalized spacial score (nSPS) is 34.6. The number of fused-ring (bicyclic) bond motifs is 3. The number of carbonyl (C=O) groups is 3. The first-order valence-electron chi connectivity index (χ1n) is 9.10. The minimum Gasteiger partial charge on any atom is -0.480 e. The minimum absolute atomic E-state index is 0.000349. The van der Waals surface area contributed by atoms with Gasteiger partial charge in [-0.05, 0) is 31.6 Å². The number of nitrogens with two attached hydrogens (primary N) is 1. The maximum absolute atomic E-state index is 12.5. The SMILES string of the molecule is C=C1CC[C@H]2C(CNC(CC(N)=O)C(=O)O)C(=O)OC2C2C(=C)CCC12. The molecular weight excluding hydrogens is 336 g/mol. The molecule has 3 aliphatic rings. The first-order valence-corrected chi connectivity index (χ1v) is 9.10. The van der Waals surface area contributed by atoms with Gasteiger partial charge in [0.2, 0.25) is 5.91 Å². The standard InChI is InChI=1S/C19H26N2O5/c1-9-3-6-12-13(8-21-14(18(23)24)7-15(20)22)19(25)26-17(12)16-10(2)4-5-11(9)16/h11-14,16-17,21H,1-8H2,(H2,20,22)(H,23,24)/t11?,12-,13?,14?,16?,17?/m0/s1. The molecule has 0 aromatic carbocycles. The summed E-state index contributed by atoms with van der Waals surface area (Å²) in [6.45, 7) is 8.56. The summed E-state index contributed by atoms with van der Waals surface area (Å²) in [7, 11) is 0. The number of hydrogen-bond acceptors (Lipinski definition) is 5. The number of hydrogen-bond donors (Lipinski definition) is 3. The van der Waals surface area contributed by atoms with E-state index in [1.54, 1.807) is 0 Å². The van der Waals surface area contributed by atoms with Crippen molar-refractivity contribution in [1.82, 2.24) is 5.32 Å². The van der Waals surface area contributed by atoms with Crippen LogP contribution in [0.15, 0.2) is 24.3 Å².